The first-order valence-corrected chi connectivity index (χ1v) is 7.53. The Bertz CT molecular complexity index is 490. The molecule has 7 nitrogen and oxygen atoms in total. The van der Waals surface area contributed by atoms with E-state index >= 15 is 0 Å². The van der Waals surface area contributed by atoms with Gasteiger partial charge in [-0.05, 0) is 25.1 Å². The minimum Gasteiger partial charge on any atom is -0.487 e. The molecule has 0 spiro atoms. The van der Waals surface area contributed by atoms with Crippen molar-refractivity contribution >= 4 is 5.96 Å². The summed E-state index contributed by atoms with van der Waals surface area (Å²) in [5.41, 5.74) is 10.5. The molecular weight excluding hydrogens is 296 g/mol. The topological polar surface area (TPSA) is 115 Å². The van der Waals surface area contributed by atoms with Gasteiger partial charge >= 0.3 is 0 Å². The van der Waals surface area contributed by atoms with Crippen molar-refractivity contribution in [2.24, 2.45) is 16.5 Å². The highest BCUT2D eigenvalue weighted by atomic mass is 16.5. The zero-order valence-corrected chi connectivity index (χ0v) is 13.3. The normalized spacial score (nSPS) is 11.5. The minimum absolute atomic E-state index is 0.0933. The Hall–Kier alpha value is -2.25. The highest BCUT2D eigenvalue weighted by molar-refractivity contribution is 5.75. The van der Waals surface area contributed by atoms with Crippen molar-refractivity contribution in [2.45, 2.75) is 12.5 Å². The molecular formula is C16H26N4O3. The van der Waals surface area contributed by atoms with Crippen LogP contribution in [0.3, 0.4) is 0 Å². The average Bonchev–Trinajstić information content (AvgIpc) is 2.54. The van der Waals surface area contributed by atoms with Crippen molar-refractivity contribution in [3.63, 3.8) is 0 Å². The largest absolute Gasteiger partial charge is 0.487 e. The number of benzene rings is 1. The molecule has 0 aliphatic carbocycles. The second-order valence-corrected chi connectivity index (χ2v) is 4.88. The molecule has 6 N–H and O–H groups in total. The summed E-state index contributed by atoms with van der Waals surface area (Å²) >= 11 is 0. The molecule has 1 aromatic carbocycles. The fraction of sp³-hybridized carbons (Fsp3) is 0.438. The lowest BCUT2D eigenvalue weighted by molar-refractivity contribution is 0.104. The average molecular weight is 322 g/mol. The highest BCUT2D eigenvalue weighted by Crippen LogP contribution is 2.26. The van der Waals surface area contributed by atoms with Gasteiger partial charge in [0, 0.05) is 13.1 Å². The standard InChI is InChI=1S/C16H26N4O3/c1-2-10-22-14-6-3-4-7-15(14)23-12-13(21)11-19-8-5-9-20-16(17)18/h2-4,6-7,13,19,21H,1,5,8-12H2,(H4,17,18,20). The van der Waals surface area contributed by atoms with Crippen LogP contribution >= 0.6 is 0 Å². The van der Waals surface area contributed by atoms with Gasteiger partial charge in [-0.2, -0.15) is 0 Å². The van der Waals surface area contributed by atoms with Crippen LogP contribution in [0.15, 0.2) is 41.9 Å². The van der Waals surface area contributed by atoms with Crippen LogP contribution in [-0.2, 0) is 0 Å². The Balaban J connectivity index is 2.24. The minimum atomic E-state index is -0.620. The number of hydrogen-bond donors (Lipinski definition) is 4. The first-order valence-electron chi connectivity index (χ1n) is 7.53. The quantitative estimate of drug-likeness (QED) is 0.190. The van der Waals surface area contributed by atoms with E-state index in [9.17, 15) is 5.11 Å². The molecule has 7 heteroatoms. The number of nitrogens with zero attached hydrogens (tertiary/aromatic N) is 1. The summed E-state index contributed by atoms with van der Waals surface area (Å²) in [7, 11) is 0. The second kappa shape index (κ2) is 11.3. The molecule has 1 unspecified atom stereocenters. The lowest BCUT2D eigenvalue weighted by Gasteiger charge is -2.15. The first-order chi connectivity index (χ1) is 11.1. The van der Waals surface area contributed by atoms with Gasteiger partial charge in [0.25, 0.3) is 0 Å². The van der Waals surface area contributed by atoms with Crippen LogP contribution in [0, 0.1) is 0 Å². The molecule has 128 valence electrons. The number of aliphatic imine (C=N–C) groups is 1. The summed E-state index contributed by atoms with van der Waals surface area (Å²) in [6, 6.07) is 7.32. The molecule has 0 bridgehead atoms. The summed E-state index contributed by atoms with van der Waals surface area (Å²) in [4.78, 5) is 3.88. The molecule has 1 rings (SSSR count). The van der Waals surface area contributed by atoms with Crippen molar-refractivity contribution in [2.75, 3.05) is 32.8 Å². The van der Waals surface area contributed by atoms with Gasteiger partial charge in [0.2, 0.25) is 0 Å². The zero-order valence-electron chi connectivity index (χ0n) is 13.3. The Morgan fingerprint density at radius 3 is 2.65 bits per heavy atom. The van der Waals surface area contributed by atoms with Crippen molar-refractivity contribution in [3.8, 4) is 11.5 Å². The van der Waals surface area contributed by atoms with E-state index in [-0.39, 0.29) is 12.6 Å². The smallest absolute Gasteiger partial charge is 0.185 e. The summed E-state index contributed by atoms with van der Waals surface area (Å²) in [6.07, 6.45) is 1.84. The predicted octanol–water partition coefficient (Wildman–Crippen LogP) is 0.244. The predicted molar refractivity (Wildman–Crippen MR) is 91.8 cm³/mol. The van der Waals surface area contributed by atoms with E-state index in [1.165, 1.54) is 0 Å². The number of aliphatic hydroxyl groups is 1. The van der Waals surface area contributed by atoms with E-state index in [1.54, 1.807) is 12.1 Å². The van der Waals surface area contributed by atoms with Gasteiger partial charge < -0.3 is 31.4 Å². The van der Waals surface area contributed by atoms with Crippen LogP contribution in [0.4, 0.5) is 0 Å². The van der Waals surface area contributed by atoms with Crippen molar-refractivity contribution in [1.82, 2.24) is 5.32 Å². The lowest BCUT2D eigenvalue weighted by atomic mass is 10.3. The van der Waals surface area contributed by atoms with Crippen LogP contribution in [0.1, 0.15) is 6.42 Å². The number of hydrogen-bond acceptors (Lipinski definition) is 5. The van der Waals surface area contributed by atoms with Crippen LogP contribution < -0.4 is 26.3 Å². The fourth-order valence-corrected chi connectivity index (χ4v) is 1.76. The molecule has 0 amide bonds. The maximum absolute atomic E-state index is 9.91. The number of nitrogens with one attached hydrogen (secondary N) is 1. The SMILES string of the molecule is C=CCOc1ccccc1OCC(O)CNCCCN=C(N)N. The van der Waals surface area contributed by atoms with Crippen LogP contribution in [0.5, 0.6) is 11.5 Å². The summed E-state index contributed by atoms with van der Waals surface area (Å²) in [5, 5.41) is 13.0. The molecule has 0 heterocycles. The fourth-order valence-electron chi connectivity index (χ4n) is 1.76. The molecule has 1 aromatic rings. The van der Waals surface area contributed by atoms with E-state index in [0.717, 1.165) is 6.42 Å². The third-order valence-electron chi connectivity index (χ3n) is 2.82. The van der Waals surface area contributed by atoms with Gasteiger partial charge in [-0.1, -0.05) is 24.8 Å². The van der Waals surface area contributed by atoms with Gasteiger partial charge in [0.1, 0.15) is 19.3 Å². The Labute approximate surface area is 137 Å². The third kappa shape index (κ3) is 8.70. The molecule has 23 heavy (non-hydrogen) atoms. The summed E-state index contributed by atoms with van der Waals surface area (Å²) in [6.45, 7) is 5.90. The Morgan fingerprint density at radius 1 is 1.30 bits per heavy atom. The van der Waals surface area contributed by atoms with Gasteiger partial charge in [0.05, 0.1) is 0 Å². The number of ether oxygens (including phenoxy) is 2. The second-order valence-electron chi connectivity index (χ2n) is 4.88. The number of aliphatic hydroxyl groups excluding tert-OH is 1. The summed E-state index contributed by atoms with van der Waals surface area (Å²) in [5.74, 6) is 1.32. The van der Waals surface area contributed by atoms with Gasteiger partial charge in [-0.25, -0.2) is 0 Å². The molecule has 0 fully saturated rings. The molecule has 1 atom stereocenters. The zero-order chi connectivity index (χ0) is 16.9. The van der Waals surface area contributed by atoms with Crippen LogP contribution in [-0.4, -0.2) is 50.0 Å². The van der Waals surface area contributed by atoms with Crippen LogP contribution in [0.25, 0.3) is 0 Å². The number of rotatable bonds is 12. The van der Waals surface area contributed by atoms with Crippen molar-refractivity contribution in [1.29, 1.82) is 0 Å². The van der Waals surface area contributed by atoms with Crippen molar-refractivity contribution in [3.05, 3.63) is 36.9 Å². The molecule has 0 radical (unpaired) electrons. The van der Waals surface area contributed by atoms with E-state index in [4.69, 9.17) is 20.9 Å². The van der Waals surface area contributed by atoms with Crippen LogP contribution in [0.2, 0.25) is 0 Å². The highest BCUT2D eigenvalue weighted by Gasteiger charge is 2.08. The summed E-state index contributed by atoms with van der Waals surface area (Å²) < 4.78 is 11.1. The monoisotopic (exact) mass is 322 g/mol. The van der Waals surface area contributed by atoms with E-state index in [1.807, 2.05) is 18.2 Å². The Kier molecular flexibility index (Phi) is 9.26. The maximum Gasteiger partial charge on any atom is 0.185 e. The lowest BCUT2D eigenvalue weighted by Crippen LogP contribution is -2.32. The van der Waals surface area contributed by atoms with Gasteiger partial charge in [-0.3, -0.25) is 4.99 Å². The van der Waals surface area contributed by atoms with Gasteiger partial charge in [-0.15, -0.1) is 0 Å². The number of guanidine groups is 1. The third-order valence-corrected chi connectivity index (χ3v) is 2.82. The molecule has 0 aliphatic rings. The van der Waals surface area contributed by atoms with Crippen molar-refractivity contribution < 1.29 is 14.6 Å². The van der Waals surface area contributed by atoms with E-state index in [2.05, 4.69) is 16.9 Å². The van der Waals surface area contributed by atoms with E-state index in [0.29, 0.717) is 37.7 Å². The van der Waals surface area contributed by atoms with Gasteiger partial charge in [0.15, 0.2) is 17.5 Å². The molecule has 0 saturated heterocycles. The number of para-hydroxylation sites is 2. The molecule has 0 saturated carbocycles. The molecule has 0 aromatic heterocycles. The Morgan fingerprint density at radius 2 is 2.00 bits per heavy atom. The number of nitrogens with two attached hydrogens (primary N) is 2. The molecule has 0 aliphatic heterocycles. The maximum atomic E-state index is 9.91. The first kappa shape index (κ1) is 18.8. The van der Waals surface area contributed by atoms with E-state index < -0.39 is 6.10 Å².